The van der Waals surface area contributed by atoms with Crippen molar-refractivity contribution in [2.75, 3.05) is 20.1 Å². The van der Waals surface area contributed by atoms with E-state index in [4.69, 9.17) is 0 Å². The standard InChI is InChI=1S/C12H23N3/c1-9-4-6-15(7-5-9)12(13-3)14-11-8-10(11)2/h9-11H,4-8H2,1-3H3,(H,13,14)/t10-,11-/m0/s1. The lowest BCUT2D eigenvalue weighted by Gasteiger charge is -2.33. The van der Waals surface area contributed by atoms with Crippen molar-refractivity contribution >= 4 is 5.96 Å². The lowest BCUT2D eigenvalue weighted by molar-refractivity contribution is 0.273. The third-order valence-corrected chi connectivity index (χ3v) is 3.72. The predicted octanol–water partition coefficient (Wildman–Crippen LogP) is 1.70. The molecule has 1 aliphatic carbocycles. The molecule has 1 saturated heterocycles. The summed E-state index contributed by atoms with van der Waals surface area (Å²) in [6.07, 6.45) is 3.92. The van der Waals surface area contributed by atoms with Gasteiger partial charge in [-0.05, 0) is 31.1 Å². The van der Waals surface area contributed by atoms with Crippen molar-refractivity contribution in [2.45, 2.75) is 39.2 Å². The van der Waals surface area contributed by atoms with Crippen LogP contribution >= 0.6 is 0 Å². The SMILES string of the molecule is CN=C(N[C@H]1C[C@@H]1C)N1CCC(C)CC1. The summed E-state index contributed by atoms with van der Waals surface area (Å²) in [4.78, 5) is 6.79. The second kappa shape index (κ2) is 4.42. The number of piperidine rings is 1. The topological polar surface area (TPSA) is 27.6 Å². The monoisotopic (exact) mass is 209 g/mol. The lowest BCUT2D eigenvalue weighted by atomic mass is 10.00. The summed E-state index contributed by atoms with van der Waals surface area (Å²) in [5, 5.41) is 3.55. The van der Waals surface area contributed by atoms with Crippen LogP contribution in [0.4, 0.5) is 0 Å². The summed E-state index contributed by atoms with van der Waals surface area (Å²) >= 11 is 0. The van der Waals surface area contributed by atoms with Gasteiger partial charge in [0.05, 0.1) is 0 Å². The van der Waals surface area contributed by atoms with E-state index in [-0.39, 0.29) is 0 Å². The molecule has 2 fully saturated rings. The van der Waals surface area contributed by atoms with E-state index in [1.165, 1.54) is 32.4 Å². The first-order chi connectivity index (χ1) is 7.20. The molecule has 2 atom stereocenters. The molecular formula is C12H23N3. The third kappa shape index (κ3) is 2.64. The van der Waals surface area contributed by atoms with Crippen molar-refractivity contribution in [3.8, 4) is 0 Å². The second-order valence-corrected chi connectivity index (χ2v) is 5.18. The Labute approximate surface area is 92.9 Å². The van der Waals surface area contributed by atoms with Crippen molar-refractivity contribution < 1.29 is 0 Å². The van der Waals surface area contributed by atoms with Crippen molar-refractivity contribution in [1.82, 2.24) is 10.2 Å². The number of likely N-dealkylation sites (tertiary alicyclic amines) is 1. The fourth-order valence-electron chi connectivity index (χ4n) is 2.21. The lowest BCUT2D eigenvalue weighted by Crippen LogP contribution is -2.46. The highest BCUT2D eigenvalue weighted by Gasteiger charge is 2.34. The minimum Gasteiger partial charge on any atom is -0.353 e. The van der Waals surface area contributed by atoms with E-state index >= 15 is 0 Å². The molecule has 0 radical (unpaired) electrons. The zero-order chi connectivity index (χ0) is 10.8. The summed E-state index contributed by atoms with van der Waals surface area (Å²) < 4.78 is 0. The molecule has 2 aliphatic rings. The van der Waals surface area contributed by atoms with Gasteiger partial charge in [-0.15, -0.1) is 0 Å². The summed E-state index contributed by atoms with van der Waals surface area (Å²) in [6.45, 7) is 6.98. The van der Waals surface area contributed by atoms with Crippen LogP contribution in [0, 0.1) is 11.8 Å². The molecule has 1 aliphatic heterocycles. The maximum Gasteiger partial charge on any atom is 0.193 e. The average Bonchev–Trinajstić information content (AvgIpc) is 2.92. The molecule has 1 saturated carbocycles. The van der Waals surface area contributed by atoms with E-state index < -0.39 is 0 Å². The van der Waals surface area contributed by atoms with Gasteiger partial charge in [0.1, 0.15) is 0 Å². The summed E-state index contributed by atoms with van der Waals surface area (Å²) in [7, 11) is 1.90. The van der Waals surface area contributed by atoms with Gasteiger partial charge in [0.2, 0.25) is 0 Å². The maximum absolute atomic E-state index is 4.38. The number of hydrogen-bond acceptors (Lipinski definition) is 1. The highest BCUT2D eigenvalue weighted by Crippen LogP contribution is 2.29. The van der Waals surface area contributed by atoms with E-state index in [1.807, 2.05) is 7.05 Å². The Morgan fingerprint density at radius 2 is 1.87 bits per heavy atom. The average molecular weight is 209 g/mol. The van der Waals surface area contributed by atoms with Crippen LogP contribution in [0.3, 0.4) is 0 Å². The number of rotatable bonds is 1. The zero-order valence-electron chi connectivity index (χ0n) is 10.2. The van der Waals surface area contributed by atoms with Crippen LogP contribution in [0.5, 0.6) is 0 Å². The van der Waals surface area contributed by atoms with Gasteiger partial charge in [-0.2, -0.15) is 0 Å². The first-order valence-corrected chi connectivity index (χ1v) is 6.19. The molecule has 0 aromatic carbocycles. The van der Waals surface area contributed by atoms with Gasteiger partial charge in [0.25, 0.3) is 0 Å². The predicted molar refractivity (Wildman–Crippen MR) is 64.0 cm³/mol. The summed E-state index contributed by atoms with van der Waals surface area (Å²) in [5.74, 6) is 2.85. The van der Waals surface area contributed by atoms with Gasteiger partial charge in [-0.3, -0.25) is 4.99 Å². The number of hydrogen-bond donors (Lipinski definition) is 1. The Morgan fingerprint density at radius 1 is 1.27 bits per heavy atom. The smallest absolute Gasteiger partial charge is 0.193 e. The molecule has 0 aromatic heterocycles. The molecule has 0 unspecified atom stereocenters. The maximum atomic E-state index is 4.38. The zero-order valence-corrected chi connectivity index (χ0v) is 10.2. The van der Waals surface area contributed by atoms with Gasteiger partial charge in [-0.1, -0.05) is 13.8 Å². The van der Waals surface area contributed by atoms with Gasteiger partial charge >= 0.3 is 0 Å². The Morgan fingerprint density at radius 3 is 2.33 bits per heavy atom. The van der Waals surface area contributed by atoms with Crippen molar-refractivity contribution in [1.29, 1.82) is 0 Å². The van der Waals surface area contributed by atoms with Crippen molar-refractivity contribution in [2.24, 2.45) is 16.8 Å². The molecule has 15 heavy (non-hydrogen) atoms. The van der Waals surface area contributed by atoms with Crippen LogP contribution in [0.1, 0.15) is 33.1 Å². The highest BCUT2D eigenvalue weighted by molar-refractivity contribution is 5.80. The minimum atomic E-state index is 0.683. The summed E-state index contributed by atoms with van der Waals surface area (Å²) in [6, 6.07) is 0.683. The number of aliphatic imine (C=N–C) groups is 1. The minimum absolute atomic E-state index is 0.683. The molecule has 0 bridgehead atoms. The molecule has 2 rings (SSSR count). The van der Waals surface area contributed by atoms with Crippen LogP contribution in [-0.2, 0) is 0 Å². The van der Waals surface area contributed by atoms with Crippen LogP contribution in [0.2, 0.25) is 0 Å². The van der Waals surface area contributed by atoms with Crippen LogP contribution in [0.25, 0.3) is 0 Å². The fourth-order valence-corrected chi connectivity index (χ4v) is 2.21. The van der Waals surface area contributed by atoms with Gasteiger partial charge in [0, 0.05) is 26.2 Å². The van der Waals surface area contributed by atoms with E-state index in [2.05, 4.69) is 29.1 Å². The first kappa shape index (κ1) is 10.8. The second-order valence-electron chi connectivity index (χ2n) is 5.18. The normalized spacial score (nSPS) is 33.0. The number of nitrogens with zero attached hydrogens (tertiary/aromatic N) is 2. The van der Waals surface area contributed by atoms with E-state index in [0.29, 0.717) is 6.04 Å². The molecule has 1 heterocycles. The summed E-state index contributed by atoms with van der Waals surface area (Å²) in [5.41, 5.74) is 0. The fraction of sp³-hybridized carbons (Fsp3) is 0.917. The van der Waals surface area contributed by atoms with Crippen LogP contribution < -0.4 is 5.32 Å². The highest BCUT2D eigenvalue weighted by atomic mass is 15.3. The van der Waals surface area contributed by atoms with Crippen LogP contribution in [0.15, 0.2) is 4.99 Å². The number of guanidine groups is 1. The van der Waals surface area contributed by atoms with Gasteiger partial charge < -0.3 is 10.2 Å². The molecule has 3 heteroatoms. The Hall–Kier alpha value is -0.730. The Bertz CT molecular complexity index is 241. The molecule has 1 N–H and O–H groups in total. The quantitative estimate of drug-likeness (QED) is 0.526. The Balaban J connectivity index is 1.84. The molecule has 0 amide bonds. The van der Waals surface area contributed by atoms with Crippen LogP contribution in [-0.4, -0.2) is 37.0 Å². The number of nitrogens with one attached hydrogen (secondary N) is 1. The van der Waals surface area contributed by atoms with Gasteiger partial charge in [-0.25, -0.2) is 0 Å². The third-order valence-electron chi connectivity index (χ3n) is 3.72. The molecule has 0 aromatic rings. The molecule has 0 spiro atoms. The van der Waals surface area contributed by atoms with Crippen molar-refractivity contribution in [3.05, 3.63) is 0 Å². The van der Waals surface area contributed by atoms with E-state index in [1.54, 1.807) is 0 Å². The van der Waals surface area contributed by atoms with E-state index in [9.17, 15) is 0 Å². The van der Waals surface area contributed by atoms with Crippen molar-refractivity contribution in [3.63, 3.8) is 0 Å². The largest absolute Gasteiger partial charge is 0.353 e. The first-order valence-electron chi connectivity index (χ1n) is 6.19. The molecular weight excluding hydrogens is 186 g/mol. The Kier molecular flexibility index (Phi) is 3.17. The molecule has 86 valence electrons. The van der Waals surface area contributed by atoms with Gasteiger partial charge in [0.15, 0.2) is 5.96 Å². The molecule has 3 nitrogen and oxygen atoms in total. The van der Waals surface area contributed by atoms with E-state index in [0.717, 1.165) is 17.8 Å².